The first-order valence-corrected chi connectivity index (χ1v) is 16.9. The van der Waals surface area contributed by atoms with E-state index in [0.717, 1.165) is 22.2 Å². The number of aromatic nitrogens is 4. The molecule has 3 heterocycles. The molecule has 222 valence electrons. The van der Waals surface area contributed by atoms with Gasteiger partial charge in [0.15, 0.2) is 11.6 Å². The molecule has 8 aromatic carbocycles. The lowest BCUT2D eigenvalue weighted by molar-refractivity contribution is 0.954. The van der Waals surface area contributed by atoms with Crippen LogP contribution in [0.2, 0.25) is 0 Å². The molecule has 0 aliphatic carbocycles. The molecule has 0 bridgehead atoms. The van der Waals surface area contributed by atoms with Gasteiger partial charge >= 0.3 is 0 Å². The van der Waals surface area contributed by atoms with Crippen LogP contribution in [0.5, 0.6) is 0 Å². The normalized spacial score (nSPS) is 12.2. The Morgan fingerprint density at radius 2 is 1.02 bits per heavy atom. The average Bonchev–Trinajstić information content (AvgIpc) is 3.71. The Balaban J connectivity index is 1.37. The van der Waals surface area contributed by atoms with Gasteiger partial charge in [0.1, 0.15) is 0 Å². The highest BCUT2D eigenvalue weighted by Gasteiger charge is 2.24. The average molecular weight is 629 g/mol. The van der Waals surface area contributed by atoms with Gasteiger partial charge in [-0.15, -0.1) is 11.3 Å². The van der Waals surface area contributed by atoms with Crippen molar-refractivity contribution in [2.24, 2.45) is 0 Å². The van der Waals surface area contributed by atoms with Gasteiger partial charge in [-0.3, -0.25) is 4.57 Å². The molecule has 0 radical (unpaired) electrons. The molecular formula is C43H24N4S. The molecule has 4 nitrogen and oxygen atoms in total. The molecular weight excluding hydrogens is 605 g/mol. The fourth-order valence-corrected chi connectivity index (χ4v) is 9.02. The van der Waals surface area contributed by atoms with E-state index >= 15 is 0 Å². The molecule has 0 aliphatic heterocycles. The van der Waals surface area contributed by atoms with E-state index in [0.29, 0.717) is 17.6 Å². The fraction of sp³-hybridized carbons (Fsp3) is 0. The van der Waals surface area contributed by atoms with Crippen LogP contribution in [0, 0.1) is 0 Å². The Labute approximate surface area is 278 Å². The zero-order valence-corrected chi connectivity index (χ0v) is 26.4. The zero-order valence-electron chi connectivity index (χ0n) is 25.6. The molecule has 11 rings (SSSR count). The Kier molecular flexibility index (Phi) is 5.23. The number of benzene rings is 7. The molecule has 48 heavy (non-hydrogen) atoms. The monoisotopic (exact) mass is 628 g/mol. The summed E-state index contributed by atoms with van der Waals surface area (Å²) in [6.07, 6.45) is 0. The molecule has 11 aromatic rings. The zero-order chi connectivity index (χ0) is 31.3. The third kappa shape index (κ3) is 3.51. The van der Waals surface area contributed by atoms with Gasteiger partial charge in [0.2, 0.25) is 5.95 Å². The number of nitrogens with zero attached hydrogens (tertiary/aromatic N) is 4. The minimum Gasteiger partial charge on any atom is -0.278 e. The molecule has 0 saturated heterocycles. The largest absolute Gasteiger partial charge is 0.278 e. The first-order chi connectivity index (χ1) is 23.8. The maximum atomic E-state index is 5.20. The highest BCUT2D eigenvalue weighted by molar-refractivity contribution is 7.27. The first-order valence-electron chi connectivity index (χ1n) is 16.1. The van der Waals surface area contributed by atoms with Crippen LogP contribution < -0.4 is 0 Å². The van der Waals surface area contributed by atoms with Gasteiger partial charge in [-0.2, -0.15) is 9.97 Å². The minimum absolute atomic E-state index is 0.608. The van der Waals surface area contributed by atoms with E-state index in [1.807, 2.05) is 47.7 Å². The van der Waals surface area contributed by atoms with Crippen LogP contribution in [0.4, 0.5) is 0 Å². The van der Waals surface area contributed by atoms with Crippen LogP contribution in [0.15, 0.2) is 146 Å². The van der Waals surface area contributed by atoms with E-state index in [9.17, 15) is 0 Å². The van der Waals surface area contributed by atoms with Gasteiger partial charge in [-0.25, -0.2) is 4.98 Å². The lowest BCUT2D eigenvalue weighted by atomic mass is 9.93. The fourth-order valence-electron chi connectivity index (χ4n) is 7.75. The second-order valence-electron chi connectivity index (χ2n) is 12.4. The topological polar surface area (TPSA) is 43.6 Å². The Morgan fingerprint density at radius 1 is 0.417 bits per heavy atom. The molecule has 5 heteroatoms. The highest BCUT2D eigenvalue weighted by atomic mass is 32.1. The Morgan fingerprint density at radius 3 is 1.75 bits per heavy atom. The van der Waals surface area contributed by atoms with Crippen molar-refractivity contribution in [3.63, 3.8) is 0 Å². The number of thiophene rings is 1. The van der Waals surface area contributed by atoms with Crippen molar-refractivity contribution in [2.45, 2.75) is 0 Å². The van der Waals surface area contributed by atoms with Gasteiger partial charge in [-0.1, -0.05) is 121 Å². The van der Waals surface area contributed by atoms with Crippen LogP contribution in [-0.2, 0) is 0 Å². The van der Waals surface area contributed by atoms with E-state index in [1.165, 1.54) is 63.3 Å². The molecule has 0 amide bonds. The predicted molar refractivity (Wildman–Crippen MR) is 202 cm³/mol. The smallest absolute Gasteiger partial charge is 0.238 e. The van der Waals surface area contributed by atoms with Crippen molar-refractivity contribution in [3.8, 4) is 28.7 Å². The van der Waals surface area contributed by atoms with Crippen molar-refractivity contribution in [1.82, 2.24) is 19.5 Å². The maximum absolute atomic E-state index is 5.20. The summed E-state index contributed by atoms with van der Waals surface area (Å²) in [5.74, 6) is 1.91. The van der Waals surface area contributed by atoms with Crippen LogP contribution in [0.1, 0.15) is 0 Å². The van der Waals surface area contributed by atoms with E-state index in [-0.39, 0.29) is 0 Å². The van der Waals surface area contributed by atoms with E-state index < -0.39 is 0 Å². The van der Waals surface area contributed by atoms with E-state index in [4.69, 9.17) is 15.0 Å². The van der Waals surface area contributed by atoms with Gasteiger partial charge in [0.25, 0.3) is 0 Å². The molecule has 0 N–H and O–H groups in total. The molecule has 0 saturated carbocycles. The van der Waals surface area contributed by atoms with Gasteiger partial charge in [0.05, 0.1) is 11.0 Å². The third-order valence-corrected chi connectivity index (χ3v) is 11.0. The van der Waals surface area contributed by atoms with Crippen LogP contribution in [0.25, 0.3) is 103 Å². The first kappa shape index (κ1) is 26.0. The number of fused-ring (bicyclic) bond motifs is 5. The summed E-state index contributed by atoms with van der Waals surface area (Å²) < 4.78 is 4.87. The van der Waals surface area contributed by atoms with Crippen LogP contribution in [0.3, 0.4) is 0 Å². The SMILES string of the molecule is c1ccc(-c2nc(-c3ccccc3)nc(-n3c4cccc5c6ccccc6c6cc7ccccc7c7sc8ccc3c(c8c67)c54)n2)cc1. The molecule has 0 atom stereocenters. The molecule has 3 aromatic heterocycles. The summed E-state index contributed by atoms with van der Waals surface area (Å²) in [6, 6.07) is 51.7. The second kappa shape index (κ2) is 9.67. The second-order valence-corrected chi connectivity index (χ2v) is 13.4. The van der Waals surface area contributed by atoms with Crippen molar-refractivity contribution in [2.75, 3.05) is 0 Å². The van der Waals surface area contributed by atoms with Crippen molar-refractivity contribution in [3.05, 3.63) is 146 Å². The van der Waals surface area contributed by atoms with Crippen molar-refractivity contribution in [1.29, 1.82) is 0 Å². The molecule has 0 spiro atoms. The number of hydrogen-bond acceptors (Lipinski definition) is 4. The maximum Gasteiger partial charge on any atom is 0.238 e. The molecule has 0 fully saturated rings. The lowest BCUT2D eigenvalue weighted by Crippen LogP contribution is -2.06. The molecule has 0 unspecified atom stereocenters. The summed E-state index contributed by atoms with van der Waals surface area (Å²) in [5.41, 5.74) is 4.08. The van der Waals surface area contributed by atoms with E-state index in [2.05, 4.69) is 114 Å². The summed E-state index contributed by atoms with van der Waals surface area (Å²) in [5, 5.41) is 12.7. The summed E-state index contributed by atoms with van der Waals surface area (Å²) in [6.45, 7) is 0. The van der Waals surface area contributed by atoms with Gasteiger partial charge in [0, 0.05) is 42.1 Å². The third-order valence-electron chi connectivity index (χ3n) is 9.78. The van der Waals surface area contributed by atoms with Crippen molar-refractivity contribution < 1.29 is 0 Å². The summed E-state index contributed by atoms with van der Waals surface area (Å²) in [4.78, 5) is 15.4. The molecule has 0 aliphatic rings. The van der Waals surface area contributed by atoms with E-state index in [1.54, 1.807) is 0 Å². The standard InChI is InChI=1S/C43H24N4S/c1-3-12-25(13-4-1)41-44-42(26-14-5-2-6-15-26)46-43(45-41)47-33-21-11-20-31-29-18-9-10-19-30(29)32-24-27-16-7-8-17-28(27)40-37(32)39-35(48-40)23-22-34(47)38(39)36(31)33/h1-24H. The summed E-state index contributed by atoms with van der Waals surface area (Å²) in [7, 11) is 0. The Hall–Kier alpha value is -6.17. The minimum atomic E-state index is 0.608. The van der Waals surface area contributed by atoms with Crippen LogP contribution >= 0.6 is 11.3 Å². The van der Waals surface area contributed by atoms with Crippen LogP contribution in [-0.4, -0.2) is 19.5 Å². The quantitative estimate of drug-likeness (QED) is 0.195. The van der Waals surface area contributed by atoms with Gasteiger partial charge < -0.3 is 0 Å². The van der Waals surface area contributed by atoms with Crippen molar-refractivity contribution >= 4 is 85.6 Å². The van der Waals surface area contributed by atoms with Gasteiger partial charge in [-0.05, 0) is 56.6 Å². The lowest BCUT2D eigenvalue weighted by Gasteiger charge is -2.11. The summed E-state index contributed by atoms with van der Waals surface area (Å²) >= 11 is 1.90. The number of hydrogen-bond donors (Lipinski definition) is 0. The highest BCUT2D eigenvalue weighted by Crippen LogP contribution is 2.50. The predicted octanol–water partition coefficient (Wildman–Crippen LogP) is 11.6. The number of rotatable bonds is 3. The Bertz CT molecular complexity index is 2990.